The maximum atomic E-state index is 11.1. The van der Waals surface area contributed by atoms with Gasteiger partial charge in [-0.25, -0.2) is 4.79 Å². The number of alkyl halides is 8. The molecule has 16 heavy (non-hydrogen) atoms. The Bertz CT molecular complexity index is 228. The van der Waals surface area contributed by atoms with Gasteiger partial charge in [0.05, 0.1) is 0 Å². The van der Waals surface area contributed by atoms with Gasteiger partial charge in [-0.1, -0.05) is 92.8 Å². The molecular weight excluding hydrogens is 392 g/mol. The Labute approximate surface area is 131 Å². The zero-order valence-corrected chi connectivity index (χ0v) is 13.0. The van der Waals surface area contributed by atoms with E-state index < -0.39 is 24.9 Å². The molecule has 0 aromatic rings. The van der Waals surface area contributed by atoms with Gasteiger partial charge < -0.3 is 9.47 Å². The number of hydrogen-bond donors (Lipinski definition) is 0. The summed E-state index contributed by atoms with van der Waals surface area (Å²) in [5, 5.41) is 0. The zero-order chi connectivity index (χ0) is 13.1. The van der Waals surface area contributed by atoms with Gasteiger partial charge in [0, 0.05) is 0 Å². The molecule has 0 rings (SSSR count). The first-order valence-corrected chi connectivity index (χ1v) is 6.48. The molecule has 0 saturated heterocycles. The Morgan fingerprint density at radius 2 is 1.06 bits per heavy atom. The van der Waals surface area contributed by atoms with E-state index in [1.54, 1.807) is 0 Å². The fourth-order valence-electron chi connectivity index (χ4n) is 0.332. The zero-order valence-electron chi connectivity index (χ0n) is 6.90. The highest BCUT2D eigenvalue weighted by atomic mass is 35.5. The number of carbonyl (C=O) groups is 1. The van der Waals surface area contributed by atoms with Crippen molar-refractivity contribution >= 4 is 99.0 Å². The third-order valence-corrected chi connectivity index (χ3v) is 4.25. The quantitative estimate of drug-likeness (QED) is 0.497. The van der Waals surface area contributed by atoms with Crippen molar-refractivity contribution in [2.75, 3.05) is 0 Å². The average Bonchev–Trinajstić information content (AvgIpc) is 2.00. The highest BCUT2D eigenvalue weighted by Crippen LogP contribution is 2.37. The maximum absolute atomic E-state index is 11.1. The van der Waals surface area contributed by atoms with Crippen LogP contribution in [0.3, 0.4) is 0 Å². The minimum Gasteiger partial charge on any atom is -0.394 e. The summed E-state index contributed by atoms with van der Waals surface area (Å²) >= 11 is 42.8. The molecule has 0 aliphatic carbocycles. The molecule has 0 aliphatic heterocycles. The van der Waals surface area contributed by atoms with Gasteiger partial charge in [-0.3, -0.25) is 0 Å². The average molecular weight is 394 g/mol. The molecule has 3 nitrogen and oxygen atoms in total. The maximum Gasteiger partial charge on any atom is 0.513 e. The summed E-state index contributed by atoms with van der Waals surface area (Å²) in [5.74, 6) is 0. The normalized spacial score (nSPS) is 13.1. The summed E-state index contributed by atoms with van der Waals surface area (Å²) in [6.45, 7) is 0. The molecule has 0 aromatic heterocycles. The predicted octanol–water partition coefficient (Wildman–Crippen LogP) is 5.01. The molecule has 0 aliphatic rings. The van der Waals surface area contributed by atoms with Gasteiger partial charge in [0.1, 0.15) is 0 Å². The fraction of sp³-hybridized carbons (Fsp3) is 0.800. The smallest absolute Gasteiger partial charge is 0.394 e. The summed E-state index contributed by atoms with van der Waals surface area (Å²) in [6.07, 6.45) is -1.45. The molecule has 0 radical (unpaired) electrons. The fourth-order valence-corrected chi connectivity index (χ4v) is 0.762. The van der Waals surface area contributed by atoms with Crippen LogP contribution in [0.5, 0.6) is 0 Å². The molecule has 0 fully saturated rings. The van der Waals surface area contributed by atoms with Crippen molar-refractivity contribution in [2.45, 2.75) is 18.7 Å². The Balaban J connectivity index is 4.41. The highest BCUT2D eigenvalue weighted by Gasteiger charge is 2.42. The van der Waals surface area contributed by atoms with Crippen LogP contribution >= 0.6 is 92.8 Å². The summed E-state index contributed by atoms with van der Waals surface area (Å²) in [7, 11) is 0. The van der Waals surface area contributed by atoms with Gasteiger partial charge in [0.25, 0.3) is 9.04 Å². The number of rotatable bonds is 4. The Hall–Kier alpha value is 1.59. The molecule has 0 amide bonds. The molecule has 0 spiro atoms. The van der Waals surface area contributed by atoms with Crippen molar-refractivity contribution in [1.29, 1.82) is 0 Å². The third kappa shape index (κ3) is 5.96. The molecule has 0 saturated carbocycles. The number of hydrogen-bond acceptors (Lipinski definition) is 3. The van der Waals surface area contributed by atoms with Crippen LogP contribution in [-0.4, -0.2) is 24.9 Å². The molecule has 11 heteroatoms. The SMILES string of the molecule is O=C(OC(Cl)(Cl)C(Cl)Cl)OC(Cl)(Cl)C(Cl)Cl. The van der Waals surface area contributed by atoms with Crippen molar-refractivity contribution in [3.8, 4) is 0 Å². The predicted molar refractivity (Wildman–Crippen MR) is 67.4 cm³/mol. The number of carbonyl (C=O) groups excluding carboxylic acids is 1. The molecule has 0 aromatic carbocycles. The van der Waals surface area contributed by atoms with E-state index in [-0.39, 0.29) is 0 Å². The van der Waals surface area contributed by atoms with Crippen LogP contribution in [0, 0.1) is 0 Å². The first kappa shape index (κ1) is 17.6. The lowest BCUT2D eigenvalue weighted by Gasteiger charge is -2.24. The highest BCUT2D eigenvalue weighted by molar-refractivity contribution is 6.60. The van der Waals surface area contributed by atoms with Crippen LogP contribution in [-0.2, 0) is 9.47 Å². The van der Waals surface area contributed by atoms with E-state index in [0.29, 0.717) is 0 Å². The van der Waals surface area contributed by atoms with Gasteiger partial charge in [-0.15, -0.1) is 0 Å². The van der Waals surface area contributed by atoms with Crippen LogP contribution in [0.2, 0.25) is 0 Å². The minimum atomic E-state index is -2.22. The number of halogens is 8. The van der Waals surface area contributed by atoms with Gasteiger partial charge >= 0.3 is 6.16 Å². The summed E-state index contributed by atoms with van der Waals surface area (Å²) in [6, 6.07) is 0. The lowest BCUT2D eigenvalue weighted by atomic mass is 10.8. The van der Waals surface area contributed by atoms with Crippen molar-refractivity contribution < 1.29 is 14.3 Å². The molecule has 0 atom stereocenters. The van der Waals surface area contributed by atoms with E-state index in [2.05, 4.69) is 9.47 Å². The minimum absolute atomic E-state index is 1.42. The third-order valence-electron chi connectivity index (χ3n) is 0.947. The van der Waals surface area contributed by atoms with Gasteiger partial charge in [-0.05, 0) is 0 Å². The van der Waals surface area contributed by atoms with E-state index in [1.807, 2.05) is 0 Å². The second-order valence-electron chi connectivity index (χ2n) is 2.18. The second kappa shape index (κ2) is 6.67. The summed E-state index contributed by atoms with van der Waals surface area (Å²) in [4.78, 5) is 8.22. The summed E-state index contributed by atoms with van der Waals surface area (Å²) in [5.41, 5.74) is 0. The molecule has 0 unspecified atom stereocenters. The van der Waals surface area contributed by atoms with E-state index in [4.69, 9.17) is 92.8 Å². The topological polar surface area (TPSA) is 35.5 Å². The van der Waals surface area contributed by atoms with Crippen molar-refractivity contribution in [1.82, 2.24) is 0 Å². The standard InChI is InChI=1S/C5H2Cl8O3/c6-1(7)4(10,11)15-3(14)16-5(12,13)2(8)9/h1-2H. The van der Waals surface area contributed by atoms with E-state index in [9.17, 15) is 4.79 Å². The van der Waals surface area contributed by atoms with Crippen molar-refractivity contribution in [2.24, 2.45) is 0 Å². The monoisotopic (exact) mass is 390 g/mol. The molecule has 0 bridgehead atoms. The van der Waals surface area contributed by atoms with E-state index in [1.165, 1.54) is 0 Å². The van der Waals surface area contributed by atoms with Crippen LogP contribution in [0.15, 0.2) is 0 Å². The summed E-state index contributed by atoms with van der Waals surface area (Å²) < 4.78 is 4.16. The molecular formula is C5H2Cl8O3. The van der Waals surface area contributed by atoms with E-state index >= 15 is 0 Å². The van der Waals surface area contributed by atoms with Crippen LogP contribution in [0.25, 0.3) is 0 Å². The lowest BCUT2D eigenvalue weighted by Crippen LogP contribution is -2.35. The molecule has 0 N–H and O–H groups in total. The Morgan fingerprint density at radius 3 is 1.25 bits per heavy atom. The van der Waals surface area contributed by atoms with Crippen LogP contribution in [0.1, 0.15) is 0 Å². The Kier molecular flexibility index (Phi) is 7.33. The van der Waals surface area contributed by atoms with Crippen LogP contribution in [0.4, 0.5) is 4.79 Å². The second-order valence-corrected chi connectivity index (χ2v) is 7.00. The first-order valence-electron chi connectivity index (χ1n) is 3.23. The van der Waals surface area contributed by atoms with Crippen molar-refractivity contribution in [3.05, 3.63) is 0 Å². The lowest BCUT2D eigenvalue weighted by molar-refractivity contribution is 0.0218. The van der Waals surface area contributed by atoms with Crippen molar-refractivity contribution in [3.63, 3.8) is 0 Å². The Morgan fingerprint density at radius 1 is 0.812 bits per heavy atom. The van der Waals surface area contributed by atoms with Gasteiger partial charge in [-0.2, -0.15) is 0 Å². The van der Waals surface area contributed by atoms with Gasteiger partial charge in [0.2, 0.25) is 0 Å². The molecule has 0 heterocycles. The number of ether oxygens (including phenoxy) is 2. The molecule has 96 valence electrons. The van der Waals surface area contributed by atoms with Crippen LogP contribution < -0.4 is 0 Å². The van der Waals surface area contributed by atoms with E-state index in [0.717, 1.165) is 0 Å². The first-order chi connectivity index (χ1) is 6.99. The van der Waals surface area contributed by atoms with Gasteiger partial charge in [0.15, 0.2) is 9.67 Å². The largest absolute Gasteiger partial charge is 0.513 e.